The lowest BCUT2D eigenvalue weighted by Crippen LogP contribution is -2.39. The van der Waals surface area contributed by atoms with E-state index >= 15 is 0 Å². The van der Waals surface area contributed by atoms with Gasteiger partial charge in [-0.3, -0.25) is 9.00 Å². The zero-order valence-electron chi connectivity index (χ0n) is 18.8. The molecule has 6 nitrogen and oxygen atoms in total. The molecule has 0 radical (unpaired) electrons. The highest BCUT2D eigenvalue weighted by Crippen LogP contribution is 2.27. The summed E-state index contributed by atoms with van der Waals surface area (Å²) in [6.45, 7) is 5.21. The van der Waals surface area contributed by atoms with Crippen LogP contribution in [0.1, 0.15) is 48.5 Å². The quantitative estimate of drug-likeness (QED) is 0.366. The average Bonchev–Trinajstić information content (AvgIpc) is 2.80. The van der Waals surface area contributed by atoms with Crippen molar-refractivity contribution in [1.29, 1.82) is 0 Å². The lowest BCUT2D eigenvalue weighted by molar-refractivity contribution is 0.0949. The van der Waals surface area contributed by atoms with E-state index < -0.39 is 11.3 Å². The van der Waals surface area contributed by atoms with Crippen molar-refractivity contribution in [2.75, 3.05) is 30.5 Å². The van der Waals surface area contributed by atoms with Crippen molar-refractivity contribution < 1.29 is 13.6 Å². The number of anilines is 1. The van der Waals surface area contributed by atoms with Crippen LogP contribution < -0.4 is 9.62 Å². The summed E-state index contributed by atoms with van der Waals surface area (Å²) >= 11 is 9.78. The second-order valence-electron chi connectivity index (χ2n) is 8.32. The Bertz CT molecular complexity index is 958. The van der Waals surface area contributed by atoms with Gasteiger partial charge in [-0.15, -0.1) is 0 Å². The van der Waals surface area contributed by atoms with Crippen molar-refractivity contribution in [1.82, 2.24) is 10.2 Å². The van der Waals surface area contributed by atoms with E-state index in [0.29, 0.717) is 40.3 Å². The Morgan fingerprint density at radius 1 is 1.21 bits per heavy atom. The maximum Gasteiger partial charge on any atom is 0.251 e. The van der Waals surface area contributed by atoms with Crippen molar-refractivity contribution in [3.8, 4) is 0 Å². The van der Waals surface area contributed by atoms with Crippen molar-refractivity contribution in [2.24, 2.45) is 0 Å². The van der Waals surface area contributed by atoms with Crippen molar-refractivity contribution in [3.63, 3.8) is 0 Å². The molecule has 1 fully saturated rings. The minimum Gasteiger partial charge on any atom is -0.755 e. The second kappa shape index (κ2) is 12.7. The summed E-state index contributed by atoms with van der Waals surface area (Å²) in [5, 5.41) is 3.82. The number of piperidine rings is 1. The van der Waals surface area contributed by atoms with Gasteiger partial charge < -0.3 is 19.1 Å². The largest absolute Gasteiger partial charge is 0.755 e. The zero-order valence-corrected chi connectivity index (χ0v) is 21.1. The highest BCUT2D eigenvalue weighted by Gasteiger charge is 2.17. The number of nitrogens with zero attached hydrogens (tertiary/aromatic N) is 2. The van der Waals surface area contributed by atoms with Gasteiger partial charge in [0, 0.05) is 48.2 Å². The minimum atomic E-state index is -2.47. The van der Waals surface area contributed by atoms with Crippen LogP contribution in [0.4, 0.5) is 5.69 Å². The minimum absolute atomic E-state index is 0.159. The molecule has 1 saturated heterocycles. The molecule has 1 N–H and O–H groups in total. The molecule has 1 amide bonds. The highest BCUT2D eigenvalue weighted by molar-refractivity contribution is 7.80. The van der Waals surface area contributed by atoms with Gasteiger partial charge in [-0.1, -0.05) is 41.8 Å². The Balaban J connectivity index is 1.51. The van der Waals surface area contributed by atoms with E-state index in [1.807, 2.05) is 6.07 Å². The van der Waals surface area contributed by atoms with Crippen LogP contribution in [0, 0.1) is 0 Å². The lowest BCUT2D eigenvalue weighted by Gasteiger charge is -2.33. The topological polar surface area (TPSA) is 75.7 Å². The van der Waals surface area contributed by atoms with Crippen LogP contribution in [0.2, 0.25) is 10.0 Å². The maximum atomic E-state index is 12.5. The number of hydrogen-bond donors (Lipinski definition) is 1. The molecule has 0 saturated carbocycles. The van der Waals surface area contributed by atoms with Gasteiger partial charge >= 0.3 is 0 Å². The van der Waals surface area contributed by atoms with E-state index in [1.165, 1.54) is 23.6 Å². The molecule has 2 atom stereocenters. The number of halogens is 2. The summed E-state index contributed by atoms with van der Waals surface area (Å²) < 4.78 is 24.8. The van der Waals surface area contributed by atoms with Gasteiger partial charge in [-0.05, 0) is 75.0 Å². The predicted octanol–water partition coefficient (Wildman–Crippen LogP) is 4.83. The summed E-state index contributed by atoms with van der Waals surface area (Å²) in [6.07, 6.45) is 5.11. The molecular weight excluding hydrogens is 481 g/mol. The molecule has 2 aromatic carbocycles. The number of rotatable bonds is 10. The van der Waals surface area contributed by atoms with Crippen LogP contribution >= 0.6 is 23.2 Å². The highest BCUT2D eigenvalue weighted by atomic mass is 35.5. The number of carbonyl (C=O) groups excluding carboxylic acids is 1. The van der Waals surface area contributed by atoms with E-state index in [0.717, 1.165) is 25.1 Å². The number of nitrogens with one attached hydrogen (secondary N) is 1. The smallest absolute Gasteiger partial charge is 0.251 e. The monoisotopic (exact) mass is 510 g/mol. The lowest BCUT2D eigenvalue weighted by atomic mass is 10.0. The SMILES string of the molecule is CC1CCCCN1CCCNC(=O)c1ccc(N(CCc2cccc(Cl)c2Cl)S(=O)[O-])cc1. The van der Waals surface area contributed by atoms with Gasteiger partial charge in [0.05, 0.1) is 10.0 Å². The van der Waals surface area contributed by atoms with E-state index in [4.69, 9.17) is 23.2 Å². The molecule has 0 bridgehead atoms. The fourth-order valence-electron chi connectivity index (χ4n) is 4.11. The predicted molar refractivity (Wildman–Crippen MR) is 135 cm³/mol. The fraction of sp³-hybridized carbons (Fsp3) is 0.458. The summed E-state index contributed by atoms with van der Waals surface area (Å²) in [4.78, 5) is 15.0. The third-order valence-corrected chi connectivity index (χ3v) is 7.67. The average molecular weight is 511 g/mol. The first-order valence-corrected chi connectivity index (χ1v) is 13.1. The van der Waals surface area contributed by atoms with Gasteiger partial charge in [-0.2, -0.15) is 0 Å². The molecule has 33 heavy (non-hydrogen) atoms. The standard InChI is InChI=1S/C24H31Cl2N3O3S/c1-18-6-2-3-15-28(18)16-5-14-27-24(30)20-9-11-21(12-10-20)29(33(31)32)17-13-19-7-4-8-22(25)23(19)26/h4,7-12,18H,2-3,5-6,13-17H2,1H3,(H,27,30)(H,31,32)/p-1. The molecule has 2 unspecified atom stereocenters. The molecule has 0 aromatic heterocycles. The number of likely N-dealkylation sites (tertiary alicyclic amines) is 1. The normalized spacial score (nSPS) is 17.5. The van der Waals surface area contributed by atoms with Crippen LogP contribution in [-0.4, -0.2) is 51.8 Å². The van der Waals surface area contributed by atoms with Crippen LogP contribution in [0.3, 0.4) is 0 Å². The van der Waals surface area contributed by atoms with E-state index in [1.54, 1.807) is 36.4 Å². The molecular formula is C24H30Cl2N3O3S-. The molecule has 9 heteroatoms. The molecule has 1 aliphatic heterocycles. The first-order chi connectivity index (χ1) is 15.9. The van der Waals surface area contributed by atoms with Crippen LogP contribution in [0.5, 0.6) is 0 Å². The van der Waals surface area contributed by atoms with E-state index in [-0.39, 0.29) is 12.5 Å². The molecule has 2 aromatic rings. The Hall–Kier alpha value is -1.64. The van der Waals surface area contributed by atoms with Crippen LogP contribution in [-0.2, 0) is 17.7 Å². The number of carbonyl (C=O) groups is 1. The molecule has 1 heterocycles. The summed E-state index contributed by atoms with van der Waals surface area (Å²) in [6, 6.07) is 12.5. The van der Waals surface area contributed by atoms with Gasteiger partial charge in [0.15, 0.2) is 0 Å². The third kappa shape index (κ3) is 7.42. The second-order valence-corrected chi connectivity index (χ2v) is 9.98. The Kier molecular flexibility index (Phi) is 10.0. The summed E-state index contributed by atoms with van der Waals surface area (Å²) in [7, 11) is 0. The first-order valence-electron chi connectivity index (χ1n) is 11.3. The number of benzene rings is 2. The van der Waals surface area contributed by atoms with Crippen LogP contribution in [0.25, 0.3) is 0 Å². The Morgan fingerprint density at radius 3 is 2.67 bits per heavy atom. The van der Waals surface area contributed by atoms with Gasteiger partial charge in [0.25, 0.3) is 5.91 Å². The molecule has 3 rings (SSSR count). The summed E-state index contributed by atoms with van der Waals surface area (Å²) in [5.41, 5.74) is 1.76. The van der Waals surface area contributed by atoms with E-state index in [2.05, 4.69) is 17.1 Å². The molecule has 180 valence electrons. The van der Waals surface area contributed by atoms with Gasteiger partial charge in [0.1, 0.15) is 0 Å². The van der Waals surface area contributed by atoms with Crippen molar-refractivity contribution in [3.05, 3.63) is 63.6 Å². The maximum absolute atomic E-state index is 12.5. The number of hydrogen-bond acceptors (Lipinski definition) is 4. The van der Waals surface area contributed by atoms with Gasteiger partial charge in [-0.25, -0.2) is 0 Å². The molecule has 0 aliphatic carbocycles. The van der Waals surface area contributed by atoms with Gasteiger partial charge in [0.2, 0.25) is 0 Å². The molecule has 0 spiro atoms. The zero-order chi connectivity index (χ0) is 23.8. The van der Waals surface area contributed by atoms with Crippen LogP contribution in [0.15, 0.2) is 42.5 Å². The van der Waals surface area contributed by atoms with Crippen molar-refractivity contribution >= 4 is 46.1 Å². The Morgan fingerprint density at radius 2 is 1.97 bits per heavy atom. The van der Waals surface area contributed by atoms with E-state index in [9.17, 15) is 13.6 Å². The fourth-order valence-corrected chi connectivity index (χ4v) is 5.06. The third-order valence-electron chi connectivity index (χ3n) is 6.06. The Labute approximate surface area is 208 Å². The molecule has 1 aliphatic rings. The van der Waals surface area contributed by atoms with Crippen molar-refractivity contribution in [2.45, 2.75) is 45.1 Å². The first kappa shape index (κ1) is 26.0. The summed E-state index contributed by atoms with van der Waals surface area (Å²) in [5.74, 6) is -0.159. The number of amides is 1.